The zero-order valence-corrected chi connectivity index (χ0v) is 8.78. The molecule has 0 aromatic rings. The Morgan fingerprint density at radius 2 is 2.43 bits per heavy atom. The van der Waals surface area contributed by atoms with Crippen LogP contribution in [0.3, 0.4) is 0 Å². The number of hydrogen-bond donors (Lipinski definition) is 1. The number of carboxylic acid groups (broad SMARTS) is 1. The van der Waals surface area contributed by atoms with Gasteiger partial charge in [-0.15, -0.1) is 0 Å². The van der Waals surface area contributed by atoms with E-state index in [0.29, 0.717) is 6.04 Å². The van der Waals surface area contributed by atoms with Crippen molar-refractivity contribution in [2.45, 2.75) is 38.6 Å². The molecule has 3 nitrogen and oxygen atoms in total. The van der Waals surface area contributed by atoms with Gasteiger partial charge in [0.15, 0.2) is 0 Å². The molecular formula is C11H19NO2. The van der Waals surface area contributed by atoms with Gasteiger partial charge >= 0.3 is 5.97 Å². The molecule has 1 N–H and O–H groups in total. The lowest BCUT2D eigenvalue weighted by molar-refractivity contribution is -0.138. The van der Waals surface area contributed by atoms with E-state index in [9.17, 15) is 4.79 Å². The third kappa shape index (κ3) is 3.50. The highest BCUT2D eigenvalue weighted by atomic mass is 16.4. The van der Waals surface area contributed by atoms with Crippen molar-refractivity contribution in [2.24, 2.45) is 0 Å². The van der Waals surface area contributed by atoms with E-state index < -0.39 is 5.97 Å². The van der Waals surface area contributed by atoms with Crippen molar-refractivity contribution in [3.63, 3.8) is 0 Å². The van der Waals surface area contributed by atoms with Gasteiger partial charge in [-0.25, -0.2) is 0 Å². The molecule has 0 saturated carbocycles. The minimum absolute atomic E-state index is 0.169. The van der Waals surface area contributed by atoms with Crippen LogP contribution in [0.15, 0.2) is 12.2 Å². The first-order valence-electron chi connectivity index (χ1n) is 5.36. The highest BCUT2D eigenvalue weighted by molar-refractivity contribution is 5.69. The molecule has 1 aliphatic carbocycles. The fourth-order valence-electron chi connectivity index (χ4n) is 1.92. The molecule has 1 rings (SSSR count). The molecule has 1 unspecified atom stereocenters. The lowest BCUT2D eigenvalue weighted by atomic mass is 10.0. The van der Waals surface area contributed by atoms with Crippen molar-refractivity contribution in [1.29, 1.82) is 0 Å². The van der Waals surface area contributed by atoms with Crippen LogP contribution in [0.25, 0.3) is 0 Å². The van der Waals surface area contributed by atoms with E-state index in [4.69, 9.17) is 5.11 Å². The third-order valence-corrected chi connectivity index (χ3v) is 2.55. The number of aliphatic carboxylic acids is 1. The average Bonchev–Trinajstić information content (AvgIpc) is 2.18. The Hall–Kier alpha value is -0.830. The quantitative estimate of drug-likeness (QED) is 0.684. The molecule has 1 aliphatic rings. The summed E-state index contributed by atoms with van der Waals surface area (Å²) in [6.07, 6.45) is 8.76. The number of allylic oxidation sites excluding steroid dienone is 1. The predicted octanol–water partition coefficient (Wildman–Crippen LogP) is 1.89. The molecule has 1 atom stereocenters. The SMILES string of the molecule is CCCN(CC(=O)O)C1C=CCCC1. The third-order valence-electron chi connectivity index (χ3n) is 2.55. The number of nitrogens with zero attached hydrogens (tertiary/aromatic N) is 1. The fourth-order valence-corrected chi connectivity index (χ4v) is 1.92. The van der Waals surface area contributed by atoms with Gasteiger partial charge in [0.1, 0.15) is 0 Å². The maximum Gasteiger partial charge on any atom is 0.317 e. The first kappa shape index (κ1) is 11.2. The van der Waals surface area contributed by atoms with Gasteiger partial charge in [-0.2, -0.15) is 0 Å². The van der Waals surface area contributed by atoms with Crippen molar-refractivity contribution < 1.29 is 9.90 Å². The van der Waals surface area contributed by atoms with Crippen molar-refractivity contribution in [2.75, 3.05) is 13.1 Å². The molecule has 0 aromatic heterocycles. The number of carbonyl (C=O) groups is 1. The van der Waals surface area contributed by atoms with Crippen molar-refractivity contribution in [3.05, 3.63) is 12.2 Å². The molecule has 0 aliphatic heterocycles. The molecule has 0 radical (unpaired) electrons. The van der Waals surface area contributed by atoms with Crippen molar-refractivity contribution in [3.8, 4) is 0 Å². The maximum atomic E-state index is 10.7. The Labute approximate surface area is 85.4 Å². The van der Waals surface area contributed by atoms with Gasteiger partial charge in [-0.3, -0.25) is 9.69 Å². The molecule has 0 fully saturated rings. The van der Waals surface area contributed by atoms with E-state index in [0.717, 1.165) is 25.8 Å². The number of rotatable bonds is 5. The fraction of sp³-hybridized carbons (Fsp3) is 0.727. The minimum Gasteiger partial charge on any atom is -0.480 e. The monoisotopic (exact) mass is 197 g/mol. The van der Waals surface area contributed by atoms with Crippen LogP contribution < -0.4 is 0 Å². The molecule has 0 amide bonds. The predicted molar refractivity (Wildman–Crippen MR) is 56.3 cm³/mol. The number of hydrogen-bond acceptors (Lipinski definition) is 2. The Morgan fingerprint density at radius 3 is 2.93 bits per heavy atom. The van der Waals surface area contributed by atoms with Crippen molar-refractivity contribution in [1.82, 2.24) is 4.90 Å². The maximum absolute atomic E-state index is 10.7. The topological polar surface area (TPSA) is 40.5 Å². The van der Waals surface area contributed by atoms with Crippen LogP contribution in [0.5, 0.6) is 0 Å². The second-order valence-electron chi connectivity index (χ2n) is 3.79. The lowest BCUT2D eigenvalue weighted by Gasteiger charge is -2.29. The summed E-state index contributed by atoms with van der Waals surface area (Å²) < 4.78 is 0. The lowest BCUT2D eigenvalue weighted by Crippen LogP contribution is -2.39. The molecule has 0 bridgehead atoms. The molecule has 0 spiro atoms. The van der Waals surface area contributed by atoms with Gasteiger partial charge in [-0.1, -0.05) is 19.1 Å². The first-order chi connectivity index (χ1) is 6.74. The van der Waals surface area contributed by atoms with E-state index in [1.165, 1.54) is 6.42 Å². The summed E-state index contributed by atoms with van der Waals surface area (Å²) in [6, 6.07) is 0.347. The highest BCUT2D eigenvalue weighted by Gasteiger charge is 2.18. The highest BCUT2D eigenvalue weighted by Crippen LogP contribution is 2.16. The van der Waals surface area contributed by atoms with E-state index >= 15 is 0 Å². The summed E-state index contributed by atoms with van der Waals surface area (Å²) in [5, 5.41) is 8.78. The van der Waals surface area contributed by atoms with Crippen LogP contribution in [0, 0.1) is 0 Å². The largest absolute Gasteiger partial charge is 0.480 e. The van der Waals surface area contributed by atoms with E-state index in [2.05, 4.69) is 24.0 Å². The summed E-state index contributed by atoms with van der Waals surface area (Å²) in [7, 11) is 0. The standard InChI is InChI=1S/C11H19NO2/c1-2-8-12(9-11(13)14)10-6-4-3-5-7-10/h4,6,10H,2-3,5,7-9H2,1H3,(H,13,14). The van der Waals surface area contributed by atoms with Gasteiger partial charge < -0.3 is 5.11 Å². The molecule has 80 valence electrons. The second-order valence-corrected chi connectivity index (χ2v) is 3.79. The average molecular weight is 197 g/mol. The summed E-state index contributed by atoms with van der Waals surface area (Å²) in [5.41, 5.74) is 0. The minimum atomic E-state index is -0.725. The Kier molecular flexibility index (Phi) is 4.66. The van der Waals surface area contributed by atoms with Crippen molar-refractivity contribution >= 4 is 5.97 Å². The van der Waals surface area contributed by atoms with Crippen LogP contribution in [-0.2, 0) is 4.79 Å². The summed E-state index contributed by atoms with van der Waals surface area (Å²) in [4.78, 5) is 12.7. The van der Waals surface area contributed by atoms with Crippen LogP contribution in [-0.4, -0.2) is 35.1 Å². The second kappa shape index (κ2) is 5.81. The summed E-state index contributed by atoms with van der Waals surface area (Å²) in [5.74, 6) is -0.725. The summed E-state index contributed by atoms with van der Waals surface area (Å²) in [6.45, 7) is 3.13. The van der Waals surface area contributed by atoms with Gasteiger partial charge in [-0.05, 0) is 32.2 Å². The Balaban J connectivity index is 2.51. The van der Waals surface area contributed by atoms with Crippen LogP contribution >= 0.6 is 0 Å². The Morgan fingerprint density at radius 1 is 1.64 bits per heavy atom. The van der Waals surface area contributed by atoms with Crippen LogP contribution in [0.2, 0.25) is 0 Å². The van der Waals surface area contributed by atoms with Gasteiger partial charge in [0.05, 0.1) is 6.54 Å². The Bertz CT molecular complexity index is 213. The van der Waals surface area contributed by atoms with Gasteiger partial charge in [0.2, 0.25) is 0 Å². The zero-order valence-electron chi connectivity index (χ0n) is 8.78. The molecule has 0 aromatic carbocycles. The first-order valence-corrected chi connectivity index (χ1v) is 5.36. The molecule has 0 saturated heterocycles. The van der Waals surface area contributed by atoms with E-state index in [-0.39, 0.29) is 6.54 Å². The smallest absolute Gasteiger partial charge is 0.317 e. The summed E-state index contributed by atoms with van der Waals surface area (Å²) >= 11 is 0. The van der Waals surface area contributed by atoms with E-state index in [1.807, 2.05) is 0 Å². The molecular weight excluding hydrogens is 178 g/mol. The van der Waals surface area contributed by atoms with Crippen LogP contribution in [0.1, 0.15) is 32.6 Å². The molecule has 0 heterocycles. The normalized spacial score (nSPS) is 21.4. The zero-order chi connectivity index (χ0) is 10.4. The van der Waals surface area contributed by atoms with E-state index in [1.54, 1.807) is 0 Å². The van der Waals surface area contributed by atoms with Gasteiger partial charge in [0.25, 0.3) is 0 Å². The molecule has 3 heteroatoms. The molecule has 14 heavy (non-hydrogen) atoms. The van der Waals surface area contributed by atoms with Gasteiger partial charge in [0, 0.05) is 6.04 Å². The van der Waals surface area contributed by atoms with Crippen LogP contribution in [0.4, 0.5) is 0 Å². The number of carboxylic acids is 1.